The van der Waals surface area contributed by atoms with Crippen LogP contribution in [0.5, 0.6) is 0 Å². The Bertz CT molecular complexity index is 1700. The minimum atomic E-state index is -4.38. The Morgan fingerprint density at radius 3 is 1.47 bits per heavy atom. The van der Waals surface area contributed by atoms with Crippen LogP contribution in [-0.2, 0) is 43.8 Å². The van der Waals surface area contributed by atoms with Gasteiger partial charge >= 0.3 is 19.8 Å². The zero-order valence-corrected chi connectivity index (χ0v) is 43.0. The number of unbranched alkanes of at least 4 members (excludes halogenated alkanes) is 25. The molecule has 2 aromatic rings. The molecule has 3 rings (SSSR count). The second-order valence-corrected chi connectivity index (χ2v) is 20.1. The van der Waals surface area contributed by atoms with Crippen LogP contribution < -0.4 is 0 Å². The molecule has 68 heavy (non-hydrogen) atoms. The number of esters is 2. The first-order valence-corrected chi connectivity index (χ1v) is 28.2. The first-order valence-electron chi connectivity index (χ1n) is 26.8. The van der Waals surface area contributed by atoms with Gasteiger partial charge in [0.25, 0.3) is 11.8 Å². The standard InChI is InChI=1S/C56H88NO10P/c1-3-5-7-9-11-13-15-17-19-21-23-25-27-29-34-42-53(58)63-47-50(67-54(59)43-35-30-28-26-24-22-20-18-16-14-12-10-8-6-4-2)48-66-68(62,65-46-49-38-32-31-33-39-49)64-45-44-57-55(60)51-40-36-37-41-52(51)56(57)61/h17,19,31-33,36-41,50H,3-16,18,20-30,34-35,42-48H2,1-2H3/b19-17-/t50-,68?/m1/s1. The summed E-state index contributed by atoms with van der Waals surface area (Å²) in [5.74, 6) is -1.82. The number of rotatable bonds is 44. The Kier molecular flexibility index (Phi) is 32.9. The van der Waals surface area contributed by atoms with Gasteiger partial charge in [0.1, 0.15) is 6.61 Å². The first kappa shape index (κ1) is 58.7. The molecular formula is C56H88NO10P. The van der Waals surface area contributed by atoms with Crippen LogP contribution in [0, 0.1) is 0 Å². The van der Waals surface area contributed by atoms with E-state index in [0.29, 0.717) is 18.4 Å². The number of carbonyl (C=O) groups excluding carboxylic acids is 4. The zero-order chi connectivity index (χ0) is 48.8. The molecule has 2 aromatic carbocycles. The molecule has 0 bridgehead atoms. The molecule has 0 radical (unpaired) electrons. The summed E-state index contributed by atoms with van der Waals surface area (Å²) < 4.78 is 42.8. The third-order valence-corrected chi connectivity index (χ3v) is 13.9. The number of phosphoric acid groups is 1. The lowest BCUT2D eigenvalue weighted by Crippen LogP contribution is -2.33. The van der Waals surface area contributed by atoms with Crippen LogP contribution in [0.4, 0.5) is 0 Å². The van der Waals surface area contributed by atoms with Crippen molar-refractivity contribution in [1.82, 2.24) is 4.90 Å². The van der Waals surface area contributed by atoms with Crippen LogP contribution in [-0.4, -0.2) is 61.1 Å². The highest BCUT2D eigenvalue weighted by Crippen LogP contribution is 2.50. The lowest BCUT2D eigenvalue weighted by atomic mass is 10.0. The van der Waals surface area contributed by atoms with Gasteiger partial charge in [0.05, 0.1) is 37.5 Å². The van der Waals surface area contributed by atoms with E-state index in [4.69, 9.17) is 23.0 Å². The minimum Gasteiger partial charge on any atom is -0.462 e. The molecule has 1 aliphatic heterocycles. The summed E-state index contributed by atoms with van der Waals surface area (Å²) in [5.41, 5.74) is 1.28. The molecule has 382 valence electrons. The van der Waals surface area contributed by atoms with Crippen LogP contribution in [0.1, 0.15) is 233 Å². The van der Waals surface area contributed by atoms with E-state index in [0.717, 1.165) is 62.7 Å². The monoisotopic (exact) mass is 966 g/mol. The Morgan fingerprint density at radius 2 is 0.971 bits per heavy atom. The summed E-state index contributed by atoms with van der Waals surface area (Å²) in [6, 6.07) is 15.6. The van der Waals surface area contributed by atoms with Crippen molar-refractivity contribution in [3.63, 3.8) is 0 Å². The molecule has 1 aliphatic rings. The maximum atomic E-state index is 14.2. The van der Waals surface area contributed by atoms with Gasteiger partial charge in [-0.3, -0.25) is 37.6 Å². The number of nitrogens with zero attached hydrogens (tertiary/aromatic N) is 1. The molecular weight excluding hydrogens is 878 g/mol. The molecule has 0 aliphatic carbocycles. The highest BCUT2D eigenvalue weighted by atomic mass is 31.2. The predicted molar refractivity (Wildman–Crippen MR) is 272 cm³/mol. The highest BCUT2D eigenvalue weighted by Gasteiger charge is 2.36. The van der Waals surface area contributed by atoms with Crippen LogP contribution in [0.3, 0.4) is 0 Å². The van der Waals surface area contributed by atoms with Crippen LogP contribution in [0.15, 0.2) is 66.7 Å². The fourth-order valence-corrected chi connectivity index (χ4v) is 9.48. The fourth-order valence-electron chi connectivity index (χ4n) is 8.30. The van der Waals surface area contributed by atoms with Gasteiger partial charge in [-0.25, -0.2) is 4.57 Å². The number of amides is 2. The maximum absolute atomic E-state index is 14.2. The maximum Gasteiger partial charge on any atom is 0.475 e. The van der Waals surface area contributed by atoms with Crippen molar-refractivity contribution in [3.05, 3.63) is 83.4 Å². The van der Waals surface area contributed by atoms with Gasteiger partial charge in [-0.15, -0.1) is 0 Å². The summed E-state index contributed by atoms with van der Waals surface area (Å²) in [4.78, 5) is 53.0. The van der Waals surface area contributed by atoms with E-state index >= 15 is 0 Å². The number of benzene rings is 2. The average molecular weight is 966 g/mol. The number of hydrogen-bond donors (Lipinski definition) is 0. The predicted octanol–water partition coefficient (Wildman–Crippen LogP) is 15.4. The summed E-state index contributed by atoms with van der Waals surface area (Å²) in [7, 11) is -4.38. The van der Waals surface area contributed by atoms with Crippen molar-refractivity contribution in [1.29, 1.82) is 0 Å². The zero-order valence-electron chi connectivity index (χ0n) is 42.2. The topological polar surface area (TPSA) is 135 Å². The molecule has 2 atom stereocenters. The van der Waals surface area contributed by atoms with Gasteiger partial charge in [-0.2, -0.15) is 0 Å². The second kappa shape index (κ2) is 38.2. The molecule has 2 amide bonds. The van der Waals surface area contributed by atoms with Crippen molar-refractivity contribution in [2.24, 2.45) is 0 Å². The van der Waals surface area contributed by atoms with Crippen molar-refractivity contribution in [2.45, 2.75) is 219 Å². The molecule has 0 aromatic heterocycles. The lowest BCUT2D eigenvalue weighted by Gasteiger charge is -2.23. The molecule has 11 nitrogen and oxygen atoms in total. The highest BCUT2D eigenvalue weighted by molar-refractivity contribution is 7.48. The number of carbonyl (C=O) groups is 4. The first-order chi connectivity index (χ1) is 33.3. The third-order valence-electron chi connectivity index (χ3n) is 12.4. The number of ether oxygens (including phenoxy) is 2. The van der Waals surface area contributed by atoms with Gasteiger partial charge in [0.15, 0.2) is 6.10 Å². The van der Waals surface area contributed by atoms with E-state index in [9.17, 15) is 23.7 Å². The Hall–Kier alpha value is -3.63. The van der Waals surface area contributed by atoms with E-state index in [1.807, 2.05) is 18.2 Å². The smallest absolute Gasteiger partial charge is 0.462 e. The van der Waals surface area contributed by atoms with Crippen molar-refractivity contribution in [3.8, 4) is 0 Å². The molecule has 0 fully saturated rings. The minimum absolute atomic E-state index is 0.125. The number of phosphoric ester groups is 1. The molecule has 12 heteroatoms. The fraction of sp³-hybridized carbons (Fsp3) is 0.679. The van der Waals surface area contributed by atoms with Gasteiger partial charge in [0, 0.05) is 12.8 Å². The molecule has 0 saturated heterocycles. The molecule has 0 N–H and O–H groups in total. The van der Waals surface area contributed by atoms with Crippen molar-refractivity contribution >= 4 is 31.6 Å². The Labute approximate surface area is 410 Å². The Balaban J connectivity index is 1.46. The van der Waals surface area contributed by atoms with Gasteiger partial charge < -0.3 is 9.47 Å². The molecule has 1 heterocycles. The number of fused-ring (bicyclic) bond motifs is 1. The largest absolute Gasteiger partial charge is 0.475 e. The summed E-state index contributed by atoms with van der Waals surface area (Å²) in [5, 5.41) is 0. The van der Waals surface area contributed by atoms with Gasteiger partial charge in [-0.05, 0) is 56.2 Å². The summed E-state index contributed by atoms with van der Waals surface area (Å²) in [6.07, 6.45) is 37.2. The van der Waals surface area contributed by atoms with E-state index in [-0.39, 0.29) is 50.3 Å². The van der Waals surface area contributed by atoms with E-state index in [1.54, 1.807) is 36.4 Å². The summed E-state index contributed by atoms with van der Waals surface area (Å²) >= 11 is 0. The second-order valence-electron chi connectivity index (χ2n) is 18.5. The Morgan fingerprint density at radius 1 is 0.529 bits per heavy atom. The quantitative estimate of drug-likeness (QED) is 0.0208. The van der Waals surface area contributed by atoms with Crippen LogP contribution in [0.2, 0.25) is 0 Å². The lowest BCUT2D eigenvalue weighted by molar-refractivity contribution is -0.161. The van der Waals surface area contributed by atoms with E-state index < -0.39 is 44.3 Å². The number of hydrogen-bond acceptors (Lipinski definition) is 10. The number of allylic oxidation sites excluding steroid dienone is 2. The van der Waals surface area contributed by atoms with Crippen LogP contribution in [0.25, 0.3) is 0 Å². The van der Waals surface area contributed by atoms with Crippen molar-refractivity contribution in [2.75, 3.05) is 26.4 Å². The third kappa shape index (κ3) is 26.9. The molecule has 0 saturated carbocycles. The molecule has 0 spiro atoms. The number of imide groups is 1. The van der Waals surface area contributed by atoms with Gasteiger partial charge in [0.2, 0.25) is 0 Å². The molecule has 1 unspecified atom stereocenters. The average Bonchev–Trinajstić information content (AvgIpc) is 3.59. The normalized spacial score (nSPS) is 13.8. The van der Waals surface area contributed by atoms with E-state index in [2.05, 4.69) is 26.0 Å². The van der Waals surface area contributed by atoms with Gasteiger partial charge in [-0.1, -0.05) is 210 Å². The van der Waals surface area contributed by atoms with Crippen molar-refractivity contribution < 1.29 is 46.8 Å². The van der Waals surface area contributed by atoms with E-state index in [1.165, 1.54) is 109 Å². The SMILES string of the molecule is CCCCCCCC/C=C\CCCCCCCC(=O)OC[C@H](COP(=O)(OCCN1C(=O)c2ccccc2C1=O)OCc1ccccc1)OC(=O)CCCCCCCCCCCCCCCCC. The summed E-state index contributed by atoms with van der Waals surface area (Å²) in [6.45, 7) is 3.11. The van der Waals surface area contributed by atoms with Crippen LogP contribution >= 0.6 is 7.82 Å².